The molecule has 1 unspecified atom stereocenters. The highest BCUT2D eigenvalue weighted by Crippen LogP contribution is 2.41. The Kier molecular flexibility index (Phi) is 3.96. The molecule has 1 N–H and O–H groups in total. The molecular formula is C12H19BrN2O3. The summed E-state index contributed by atoms with van der Waals surface area (Å²) in [5.74, 6) is -0.0998. The Morgan fingerprint density at radius 2 is 1.67 bits per heavy atom. The number of carbonyl (C=O) groups excluding carboxylic acids is 2. The van der Waals surface area contributed by atoms with E-state index in [1.807, 2.05) is 4.90 Å². The molecule has 102 valence electrons. The zero-order valence-corrected chi connectivity index (χ0v) is 12.1. The van der Waals surface area contributed by atoms with Gasteiger partial charge in [0.2, 0.25) is 5.91 Å². The molecular weight excluding hydrogens is 300 g/mol. The van der Waals surface area contributed by atoms with Crippen LogP contribution in [0.3, 0.4) is 0 Å². The minimum atomic E-state index is -0.957. The van der Waals surface area contributed by atoms with Crippen LogP contribution in [0.15, 0.2) is 0 Å². The number of hydrogen-bond donors (Lipinski definition) is 1. The smallest absolute Gasteiger partial charge is 0.251 e. The van der Waals surface area contributed by atoms with Crippen LogP contribution in [-0.2, 0) is 9.59 Å². The number of aliphatic hydroxyl groups is 1. The Hall–Kier alpha value is -0.620. The van der Waals surface area contributed by atoms with Gasteiger partial charge in [0.25, 0.3) is 5.91 Å². The maximum Gasteiger partial charge on any atom is 0.251 e. The van der Waals surface area contributed by atoms with E-state index >= 15 is 0 Å². The Balaban J connectivity index is 1.87. The van der Waals surface area contributed by atoms with Gasteiger partial charge in [0, 0.05) is 26.2 Å². The number of carbonyl (C=O) groups is 2. The van der Waals surface area contributed by atoms with E-state index in [1.54, 1.807) is 4.90 Å². The molecule has 18 heavy (non-hydrogen) atoms. The summed E-state index contributed by atoms with van der Waals surface area (Å²) >= 11 is 3.52. The van der Waals surface area contributed by atoms with Gasteiger partial charge in [-0.3, -0.25) is 9.59 Å². The van der Waals surface area contributed by atoms with Gasteiger partial charge in [0.15, 0.2) is 0 Å². The van der Waals surface area contributed by atoms with E-state index < -0.39 is 6.10 Å². The van der Waals surface area contributed by atoms with Gasteiger partial charge in [0.05, 0.1) is 0 Å². The number of amides is 2. The van der Waals surface area contributed by atoms with E-state index in [1.165, 1.54) is 6.92 Å². The van der Waals surface area contributed by atoms with Gasteiger partial charge in [0.1, 0.15) is 10.4 Å². The lowest BCUT2D eigenvalue weighted by molar-refractivity contribution is -0.146. The second-order valence-electron chi connectivity index (χ2n) is 5.11. The molecule has 1 saturated carbocycles. The molecule has 1 atom stereocenters. The largest absolute Gasteiger partial charge is 0.384 e. The van der Waals surface area contributed by atoms with Gasteiger partial charge in [-0.15, -0.1) is 0 Å². The van der Waals surface area contributed by atoms with E-state index in [2.05, 4.69) is 15.9 Å². The van der Waals surface area contributed by atoms with Crippen LogP contribution in [0, 0.1) is 0 Å². The minimum Gasteiger partial charge on any atom is -0.384 e. The third-order valence-electron chi connectivity index (χ3n) is 3.77. The highest BCUT2D eigenvalue weighted by atomic mass is 79.9. The quantitative estimate of drug-likeness (QED) is 0.748. The molecule has 0 spiro atoms. The Morgan fingerprint density at radius 1 is 1.17 bits per heavy atom. The van der Waals surface area contributed by atoms with Crippen molar-refractivity contribution in [2.45, 2.75) is 36.6 Å². The van der Waals surface area contributed by atoms with Gasteiger partial charge in [-0.05, 0) is 26.2 Å². The number of halogens is 1. The second-order valence-corrected chi connectivity index (χ2v) is 6.63. The summed E-state index contributed by atoms with van der Waals surface area (Å²) < 4.78 is -0.344. The number of rotatable bonds is 2. The van der Waals surface area contributed by atoms with Crippen molar-refractivity contribution in [2.24, 2.45) is 0 Å². The third kappa shape index (κ3) is 2.54. The summed E-state index contributed by atoms with van der Waals surface area (Å²) in [7, 11) is 0. The van der Waals surface area contributed by atoms with E-state index in [4.69, 9.17) is 0 Å². The molecule has 5 nitrogen and oxygen atoms in total. The van der Waals surface area contributed by atoms with Gasteiger partial charge in [-0.2, -0.15) is 0 Å². The minimum absolute atomic E-state index is 0.151. The summed E-state index contributed by atoms with van der Waals surface area (Å²) in [5.41, 5.74) is 0. The lowest BCUT2D eigenvalue weighted by atomic mass is 9.84. The molecule has 2 fully saturated rings. The number of nitrogens with zero attached hydrogens (tertiary/aromatic N) is 2. The average Bonchev–Trinajstić information content (AvgIpc) is 2.34. The fourth-order valence-electron chi connectivity index (χ4n) is 2.38. The Morgan fingerprint density at radius 3 is 2.06 bits per heavy atom. The van der Waals surface area contributed by atoms with Crippen molar-refractivity contribution < 1.29 is 14.7 Å². The van der Waals surface area contributed by atoms with Gasteiger partial charge >= 0.3 is 0 Å². The van der Waals surface area contributed by atoms with E-state index in [-0.39, 0.29) is 16.1 Å². The first-order chi connectivity index (χ1) is 8.44. The molecule has 0 aromatic rings. The summed E-state index contributed by atoms with van der Waals surface area (Å²) in [4.78, 5) is 27.3. The second kappa shape index (κ2) is 5.17. The molecule has 1 aliphatic carbocycles. The van der Waals surface area contributed by atoms with Crippen molar-refractivity contribution in [2.75, 3.05) is 26.2 Å². The average molecular weight is 319 g/mol. The number of hydrogen-bond acceptors (Lipinski definition) is 3. The molecule has 0 radical (unpaired) electrons. The van der Waals surface area contributed by atoms with E-state index in [0.29, 0.717) is 26.2 Å². The van der Waals surface area contributed by atoms with Crippen molar-refractivity contribution in [1.29, 1.82) is 0 Å². The molecule has 2 amide bonds. The van der Waals surface area contributed by atoms with E-state index in [0.717, 1.165) is 19.3 Å². The van der Waals surface area contributed by atoms with Gasteiger partial charge < -0.3 is 14.9 Å². The zero-order valence-electron chi connectivity index (χ0n) is 10.6. The summed E-state index contributed by atoms with van der Waals surface area (Å²) in [6, 6.07) is 0. The van der Waals surface area contributed by atoms with Crippen molar-refractivity contribution in [3.05, 3.63) is 0 Å². The number of piperazine rings is 1. The molecule has 0 bridgehead atoms. The Bertz CT molecular complexity index is 347. The maximum atomic E-state index is 12.2. The molecule has 1 saturated heterocycles. The molecule has 0 aromatic heterocycles. The molecule has 2 rings (SSSR count). The van der Waals surface area contributed by atoms with Crippen molar-refractivity contribution in [3.8, 4) is 0 Å². The van der Waals surface area contributed by atoms with Crippen LogP contribution in [-0.4, -0.2) is 63.3 Å². The third-order valence-corrected chi connectivity index (χ3v) is 4.90. The van der Waals surface area contributed by atoms with Crippen molar-refractivity contribution in [1.82, 2.24) is 9.80 Å². The van der Waals surface area contributed by atoms with Gasteiger partial charge in [-0.1, -0.05) is 15.9 Å². The predicted molar refractivity (Wildman–Crippen MR) is 70.3 cm³/mol. The molecule has 1 heterocycles. The molecule has 0 aromatic carbocycles. The predicted octanol–water partition coefficient (Wildman–Crippen LogP) is 0.356. The zero-order chi connectivity index (χ0) is 13.3. The highest BCUT2D eigenvalue weighted by molar-refractivity contribution is 9.10. The standard InChI is InChI=1S/C12H19BrN2O3/c1-9(16)10(17)14-5-7-15(8-6-14)11(18)12(13)3-2-4-12/h9,16H,2-8H2,1H3. The van der Waals surface area contributed by atoms with Crippen molar-refractivity contribution in [3.63, 3.8) is 0 Å². The normalized spacial score (nSPS) is 24.4. The molecule has 1 aliphatic heterocycles. The Labute approximate surface area is 115 Å². The monoisotopic (exact) mass is 318 g/mol. The topological polar surface area (TPSA) is 60.9 Å². The van der Waals surface area contributed by atoms with E-state index in [9.17, 15) is 14.7 Å². The summed E-state index contributed by atoms with van der Waals surface area (Å²) in [6.07, 6.45) is 1.94. The van der Waals surface area contributed by atoms with Crippen LogP contribution in [0.5, 0.6) is 0 Å². The van der Waals surface area contributed by atoms with Crippen LogP contribution >= 0.6 is 15.9 Å². The SMILES string of the molecule is CC(O)C(=O)N1CCN(C(=O)C2(Br)CCC2)CC1. The van der Waals surface area contributed by atoms with Crippen LogP contribution < -0.4 is 0 Å². The van der Waals surface area contributed by atoms with Crippen LogP contribution in [0.2, 0.25) is 0 Å². The molecule has 2 aliphatic rings. The lowest BCUT2D eigenvalue weighted by Gasteiger charge is -2.42. The number of aliphatic hydroxyl groups excluding tert-OH is 1. The van der Waals surface area contributed by atoms with Crippen LogP contribution in [0.25, 0.3) is 0 Å². The fourth-order valence-corrected chi connectivity index (χ4v) is 3.19. The highest BCUT2D eigenvalue weighted by Gasteiger charge is 2.44. The van der Waals surface area contributed by atoms with Crippen LogP contribution in [0.4, 0.5) is 0 Å². The first kappa shape index (κ1) is 13.8. The molecule has 6 heteroatoms. The first-order valence-electron chi connectivity index (χ1n) is 6.39. The maximum absolute atomic E-state index is 12.2. The van der Waals surface area contributed by atoms with Gasteiger partial charge in [-0.25, -0.2) is 0 Å². The number of alkyl halides is 1. The summed E-state index contributed by atoms with van der Waals surface area (Å²) in [5, 5.41) is 9.25. The summed E-state index contributed by atoms with van der Waals surface area (Å²) in [6.45, 7) is 3.62. The fraction of sp³-hybridized carbons (Fsp3) is 0.833. The van der Waals surface area contributed by atoms with Crippen molar-refractivity contribution >= 4 is 27.7 Å². The first-order valence-corrected chi connectivity index (χ1v) is 7.18. The van der Waals surface area contributed by atoms with Crippen LogP contribution in [0.1, 0.15) is 26.2 Å². The lowest BCUT2D eigenvalue weighted by Crippen LogP contribution is -2.57.